The van der Waals surface area contributed by atoms with Gasteiger partial charge in [0, 0.05) is 11.7 Å². The van der Waals surface area contributed by atoms with Gasteiger partial charge in [-0.1, -0.05) is 18.2 Å². The summed E-state index contributed by atoms with van der Waals surface area (Å²) in [7, 11) is 0. The minimum absolute atomic E-state index is 0.0137. The minimum atomic E-state index is 0.0137. The lowest BCUT2D eigenvalue weighted by molar-refractivity contribution is -0.119. The van der Waals surface area contributed by atoms with Crippen molar-refractivity contribution in [3.05, 3.63) is 36.2 Å². The Balaban J connectivity index is 1.86. The highest BCUT2D eigenvalue weighted by atomic mass is 16.2. The van der Waals surface area contributed by atoms with Crippen molar-refractivity contribution in [3.63, 3.8) is 0 Å². The highest BCUT2D eigenvalue weighted by molar-refractivity contribution is 5.95. The third-order valence-corrected chi connectivity index (χ3v) is 3.16. The molecule has 2 heterocycles. The number of anilines is 1. The van der Waals surface area contributed by atoms with Gasteiger partial charge in [-0.3, -0.25) is 4.79 Å². The predicted octanol–water partition coefficient (Wildman–Crippen LogP) is 0.651. The second kappa shape index (κ2) is 4.21. The van der Waals surface area contributed by atoms with Crippen molar-refractivity contribution >= 4 is 11.6 Å². The summed E-state index contributed by atoms with van der Waals surface area (Å²) in [5.41, 5.74) is 2.22. The largest absolute Gasteiger partial charge is 0.307 e. The van der Waals surface area contributed by atoms with E-state index in [4.69, 9.17) is 0 Å². The van der Waals surface area contributed by atoms with Gasteiger partial charge in [0.05, 0.1) is 0 Å². The number of hydrogen-bond acceptors (Lipinski definition) is 4. The second-order valence-corrected chi connectivity index (χ2v) is 4.45. The van der Waals surface area contributed by atoms with Crippen LogP contribution in [0.5, 0.6) is 0 Å². The summed E-state index contributed by atoms with van der Waals surface area (Å²) in [6.07, 6.45) is 2.35. The third-order valence-electron chi connectivity index (χ3n) is 3.16. The maximum atomic E-state index is 12.3. The van der Waals surface area contributed by atoms with Crippen molar-refractivity contribution in [2.24, 2.45) is 0 Å². The lowest BCUT2D eigenvalue weighted by atomic mass is 10.1. The normalized spacial score (nSPS) is 17.8. The van der Waals surface area contributed by atoms with Crippen LogP contribution in [0.15, 0.2) is 30.6 Å². The fraction of sp³-hybridized carbons (Fsp3) is 0.333. The van der Waals surface area contributed by atoms with Crippen molar-refractivity contribution in [2.45, 2.75) is 25.9 Å². The van der Waals surface area contributed by atoms with Crippen LogP contribution in [0.3, 0.4) is 0 Å². The van der Waals surface area contributed by atoms with Gasteiger partial charge in [-0.15, -0.1) is 5.10 Å². The zero-order chi connectivity index (χ0) is 12.5. The van der Waals surface area contributed by atoms with E-state index in [1.807, 2.05) is 23.1 Å². The molecule has 1 amide bonds. The van der Waals surface area contributed by atoms with E-state index in [0.29, 0.717) is 0 Å². The number of amides is 1. The van der Waals surface area contributed by atoms with Gasteiger partial charge in [-0.25, -0.2) is 4.68 Å². The monoisotopic (exact) mass is 243 g/mol. The molecule has 0 radical (unpaired) electrons. The van der Waals surface area contributed by atoms with Crippen LogP contribution < -0.4 is 4.90 Å². The SMILES string of the molecule is CC1Cc2ccccc2N1C(=O)Cn1cnnn1. The van der Waals surface area contributed by atoms with Gasteiger partial charge in [-0.2, -0.15) is 0 Å². The molecule has 1 aliphatic rings. The molecule has 1 atom stereocenters. The molecule has 0 fully saturated rings. The van der Waals surface area contributed by atoms with Gasteiger partial charge in [-0.05, 0) is 35.4 Å². The average Bonchev–Trinajstić information content (AvgIpc) is 2.94. The maximum absolute atomic E-state index is 12.3. The number of tetrazole rings is 1. The number of aromatic nitrogens is 4. The molecular formula is C12H13N5O. The Kier molecular flexibility index (Phi) is 2.55. The van der Waals surface area contributed by atoms with Crippen LogP contribution >= 0.6 is 0 Å². The van der Waals surface area contributed by atoms with E-state index in [2.05, 4.69) is 28.5 Å². The Morgan fingerprint density at radius 3 is 3.06 bits per heavy atom. The molecule has 0 aliphatic carbocycles. The molecule has 0 spiro atoms. The molecule has 6 heteroatoms. The molecule has 2 aromatic rings. The number of fused-ring (bicyclic) bond motifs is 1. The molecule has 1 aliphatic heterocycles. The first-order chi connectivity index (χ1) is 8.75. The van der Waals surface area contributed by atoms with Crippen LogP contribution in [-0.2, 0) is 17.8 Å². The Morgan fingerprint density at radius 1 is 1.44 bits per heavy atom. The zero-order valence-corrected chi connectivity index (χ0v) is 10.0. The summed E-state index contributed by atoms with van der Waals surface area (Å²) in [6, 6.07) is 8.19. The summed E-state index contributed by atoms with van der Waals surface area (Å²) in [6.45, 7) is 2.23. The maximum Gasteiger partial charge on any atom is 0.249 e. The van der Waals surface area contributed by atoms with E-state index in [9.17, 15) is 4.79 Å². The molecule has 1 unspecified atom stereocenters. The van der Waals surface area contributed by atoms with Crippen molar-refractivity contribution in [1.82, 2.24) is 20.2 Å². The lowest BCUT2D eigenvalue weighted by Gasteiger charge is -2.22. The summed E-state index contributed by atoms with van der Waals surface area (Å²) >= 11 is 0. The summed E-state index contributed by atoms with van der Waals surface area (Å²) in [5, 5.41) is 10.8. The minimum Gasteiger partial charge on any atom is -0.307 e. The predicted molar refractivity (Wildman–Crippen MR) is 64.9 cm³/mol. The molecule has 18 heavy (non-hydrogen) atoms. The smallest absolute Gasteiger partial charge is 0.249 e. The lowest BCUT2D eigenvalue weighted by Crippen LogP contribution is -2.38. The number of carbonyl (C=O) groups excluding carboxylic acids is 1. The van der Waals surface area contributed by atoms with Crippen LogP contribution in [0.25, 0.3) is 0 Å². The van der Waals surface area contributed by atoms with Crippen molar-refractivity contribution < 1.29 is 4.79 Å². The highest BCUT2D eigenvalue weighted by Gasteiger charge is 2.30. The molecule has 3 rings (SSSR count). The van der Waals surface area contributed by atoms with Gasteiger partial charge >= 0.3 is 0 Å². The molecule has 0 bridgehead atoms. The topological polar surface area (TPSA) is 63.9 Å². The fourth-order valence-corrected chi connectivity index (χ4v) is 2.41. The Labute approximate surface area is 104 Å². The van der Waals surface area contributed by atoms with Crippen molar-refractivity contribution in [3.8, 4) is 0 Å². The summed E-state index contributed by atoms with van der Waals surface area (Å²) < 4.78 is 1.44. The second-order valence-electron chi connectivity index (χ2n) is 4.45. The first-order valence-electron chi connectivity index (χ1n) is 5.86. The molecule has 0 N–H and O–H groups in total. The standard InChI is InChI=1S/C12H13N5O/c1-9-6-10-4-2-3-5-11(10)17(9)12(18)7-16-8-13-14-15-16/h2-5,8-9H,6-7H2,1H3. The van der Waals surface area contributed by atoms with Crippen LogP contribution in [0.4, 0.5) is 5.69 Å². The van der Waals surface area contributed by atoms with Gasteiger partial charge in [0.1, 0.15) is 12.9 Å². The average molecular weight is 243 g/mol. The van der Waals surface area contributed by atoms with Crippen LogP contribution in [0.2, 0.25) is 0 Å². The number of hydrogen-bond donors (Lipinski definition) is 0. The van der Waals surface area contributed by atoms with Crippen LogP contribution in [0, 0.1) is 0 Å². The first kappa shape index (κ1) is 10.9. The van der Waals surface area contributed by atoms with Gasteiger partial charge in [0.25, 0.3) is 0 Å². The quantitative estimate of drug-likeness (QED) is 0.777. The highest BCUT2D eigenvalue weighted by Crippen LogP contribution is 2.31. The Morgan fingerprint density at radius 2 is 2.28 bits per heavy atom. The van der Waals surface area contributed by atoms with E-state index in [0.717, 1.165) is 12.1 Å². The van der Waals surface area contributed by atoms with E-state index in [1.54, 1.807) is 0 Å². The number of nitrogens with zero attached hydrogens (tertiary/aromatic N) is 5. The summed E-state index contributed by atoms with van der Waals surface area (Å²) in [4.78, 5) is 14.1. The number of para-hydroxylation sites is 1. The van der Waals surface area contributed by atoms with E-state index >= 15 is 0 Å². The molecule has 0 saturated carbocycles. The molecule has 6 nitrogen and oxygen atoms in total. The summed E-state index contributed by atoms with van der Waals surface area (Å²) in [5.74, 6) is 0.0137. The molecule has 1 aromatic carbocycles. The van der Waals surface area contributed by atoms with Crippen molar-refractivity contribution in [1.29, 1.82) is 0 Å². The van der Waals surface area contributed by atoms with Crippen LogP contribution in [-0.4, -0.2) is 32.2 Å². The van der Waals surface area contributed by atoms with E-state index in [-0.39, 0.29) is 18.5 Å². The molecule has 1 aromatic heterocycles. The fourth-order valence-electron chi connectivity index (χ4n) is 2.41. The van der Waals surface area contributed by atoms with Gasteiger partial charge in [0.15, 0.2) is 0 Å². The van der Waals surface area contributed by atoms with E-state index in [1.165, 1.54) is 16.6 Å². The van der Waals surface area contributed by atoms with Gasteiger partial charge < -0.3 is 4.90 Å². The van der Waals surface area contributed by atoms with Crippen LogP contribution in [0.1, 0.15) is 12.5 Å². The Bertz CT molecular complexity index is 566. The number of benzene rings is 1. The zero-order valence-electron chi connectivity index (χ0n) is 10.0. The van der Waals surface area contributed by atoms with E-state index < -0.39 is 0 Å². The first-order valence-corrected chi connectivity index (χ1v) is 5.86. The molecule has 92 valence electrons. The molecule has 0 saturated heterocycles. The number of rotatable bonds is 2. The van der Waals surface area contributed by atoms with Crippen molar-refractivity contribution in [2.75, 3.05) is 4.90 Å². The third kappa shape index (κ3) is 1.75. The van der Waals surface area contributed by atoms with Gasteiger partial charge in [0.2, 0.25) is 5.91 Å². The molecular weight excluding hydrogens is 230 g/mol. The Hall–Kier alpha value is -2.24. The number of carbonyl (C=O) groups is 1.